The van der Waals surface area contributed by atoms with Crippen LogP contribution in [0.1, 0.15) is 16.1 Å². The molecular weight excluding hydrogens is 402 g/mol. The zero-order valence-corrected chi connectivity index (χ0v) is 17.5. The van der Waals surface area contributed by atoms with Crippen LogP contribution in [0.4, 0.5) is 5.69 Å². The van der Waals surface area contributed by atoms with Crippen molar-refractivity contribution in [1.82, 2.24) is 9.78 Å². The first-order valence-electron chi connectivity index (χ1n) is 10.3. The second-order valence-electron chi connectivity index (χ2n) is 7.36. The molecule has 0 fully saturated rings. The summed E-state index contributed by atoms with van der Waals surface area (Å²) in [6.07, 6.45) is 0. The maximum Gasteiger partial charge on any atom is 0.291 e. The van der Waals surface area contributed by atoms with Crippen molar-refractivity contribution < 1.29 is 13.9 Å². The van der Waals surface area contributed by atoms with E-state index in [4.69, 9.17) is 14.3 Å². The average Bonchev–Trinajstić information content (AvgIpc) is 3.46. The lowest BCUT2D eigenvalue weighted by molar-refractivity contribution is 0.0997. The molecule has 0 radical (unpaired) electrons. The molecule has 0 spiro atoms. The number of para-hydroxylation sites is 1. The van der Waals surface area contributed by atoms with E-state index in [1.165, 1.54) is 0 Å². The Morgan fingerprint density at radius 1 is 0.938 bits per heavy atom. The highest BCUT2D eigenvalue weighted by atomic mass is 16.5. The predicted octanol–water partition coefficient (Wildman–Crippen LogP) is 5.61. The van der Waals surface area contributed by atoms with Gasteiger partial charge in [-0.1, -0.05) is 48.5 Å². The molecule has 2 aromatic heterocycles. The lowest BCUT2D eigenvalue weighted by Gasteiger charge is -2.04. The number of rotatable bonds is 6. The number of fused-ring (bicyclic) bond motifs is 1. The average molecular weight is 423 g/mol. The summed E-state index contributed by atoms with van der Waals surface area (Å²) in [6.45, 7) is 0.646. The number of nitrogens with one attached hydrogen (secondary N) is 1. The van der Waals surface area contributed by atoms with E-state index in [2.05, 4.69) is 17.4 Å². The first kappa shape index (κ1) is 19.6. The maximum absolute atomic E-state index is 12.7. The summed E-state index contributed by atoms with van der Waals surface area (Å²) < 4.78 is 13.0. The molecule has 0 saturated carbocycles. The van der Waals surface area contributed by atoms with E-state index in [1.807, 2.05) is 47.1 Å². The Morgan fingerprint density at radius 2 is 1.69 bits per heavy atom. The normalized spacial score (nSPS) is 10.9. The Balaban J connectivity index is 1.43. The molecule has 0 atom stereocenters. The first-order chi connectivity index (χ1) is 15.7. The fraction of sp³-hybridized carbons (Fsp3) is 0.0769. The van der Waals surface area contributed by atoms with E-state index in [0.29, 0.717) is 23.7 Å². The SMILES string of the molecule is COc1ccc(NC(=O)c2ccc(-c3nn(Cc4ccccc4)c4ccccc34)o2)cc1. The van der Waals surface area contributed by atoms with Gasteiger partial charge in [0.15, 0.2) is 11.5 Å². The van der Waals surface area contributed by atoms with Crippen molar-refractivity contribution in [2.24, 2.45) is 0 Å². The van der Waals surface area contributed by atoms with Crippen LogP contribution in [0.2, 0.25) is 0 Å². The number of ether oxygens (including phenoxy) is 1. The number of amides is 1. The van der Waals surface area contributed by atoms with Gasteiger partial charge in [0.1, 0.15) is 11.4 Å². The number of benzene rings is 3. The fourth-order valence-electron chi connectivity index (χ4n) is 3.64. The largest absolute Gasteiger partial charge is 0.497 e. The highest BCUT2D eigenvalue weighted by Crippen LogP contribution is 2.30. The van der Waals surface area contributed by atoms with E-state index in [1.54, 1.807) is 43.5 Å². The van der Waals surface area contributed by atoms with Crippen molar-refractivity contribution in [2.75, 3.05) is 12.4 Å². The Labute approximate surface area is 185 Å². The van der Waals surface area contributed by atoms with Gasteiger partial charge in [0, 0.05) is 11.1 Å². The molecule has 0 bridgehead atoms. The third kappa shape index (κ3) is 3.86. The molecule has 0 unspecified atom stereocenters. The molecule has 0 saturated heterocycles. The van der Waals surface area contributed by atoms with Gasteiger partial charge in [-0.15, -0.1) is 0 Å². The summed E-state index contributed by atoms with van der Waals surface area (Å²) in [4.78, 5) is 12.7. The molecule has 6 nitrogen and oxygen atoms in total. The predicted molar refractivity (Wildman–Crippen MR) is 124 cm³/mol. The van der Waals surface area contributed by atoms with Gasteiger partial charge in [0.05, 0.1) is 19.2 Å². The Hall–Kier alpha value is -4.32. The summed E-state index contributed by atoms with van der Waals surface area (Å²) in [5.41, 5.74) is 3.53. The van der Waals surface area contributed by atoms with Crippen molar-refractivity contribution in [3.05, 3.63) is 102 Å². The molecule has 5 rings (SSSR count). The Morgan fingerprint density at radius 3 is 2.47 bits per heavy atom. The van der Waals surface area contributed by atoms with Crippen LogP contribution in [0.25, 0.3) is 22.4 Å². The van der Waals surface area contributed by atoms with E-state index in [-0.39, 0.29) is 11.7 Å². The molecule has 3 aromatic carbocycles. The van der Waals surface area contributed by atoms with Crippen LogP contribution in [0.15, 0.2) is 95.4 Å². The third-order valence-corrected chi connectivity index (χ3v) is 5.24. The molecule has 32 heavy (non-hydrogen) atoms. The zero-order chi connectivity index (χ0) is 21.9. The minimum absolute atomic E-state index is 0.220. The van der Waals surface area contributed by atoms with Crippen molar-refractivity contribution in [3.63, 3.8) is 0 Å². The second kappa shape index (κ2) is 8.43. The van der Waals surface area contributed by atoms with Crippen LogP contribution in [-0.4, -0.2) is 22.8 Å². The lowest BCUT2D eigenvalue weighted by atomic mass is 10.2. The van der Waals surface area contributed by atoms with Gasteiger partial charge in [0.2, 0.25) is 0 Å². The summed E-state index contributed by atoms with van der Waals surface area (Å²) in [7, 11) is 1.60. The van der Waals surface area contributed by atoms with Crippen LogP contribution in [0.5, 0.6) is 5.75 Å². The van der Waals surface area contributed by atoms with Gasteiger partial charge in [-0.05, 0) is 48.0 Å². The fourth-order valence-corrected chi connectivity index (χ4v) is 3.64. The smallest absolute Gasteiger partial charge is 0.291 e. The monoisotopic (exact) mass is 423 g/mol. The van der Waals surface area contributed by atoms with Crippen molar-refractivity contribution in [1.29, 1.82) is 0 Å². The summed E-state index contributed by atoms with van der Waals surface area (Å²) in [5.74, 6) is 1.17. The van der Waals surface area contributed by atoms with Crippen molar-refractivity contribution >= 4 is 22.5 Å². The van der Waals surface area contributed by atoms with Crippen LogP contribution in [-0.2, 0) is 6.54 Å². The molecular formula is C26H21N3O3. The number of carbonyl (C=O) groups excluding carboxylic acids is 1. The van der Waals surface area contributed by atoms with Gasteiger partial charge >= 0.3 is 0 Å². The molecule has 6 heteroatoms. The molecule has 0 aliphatic rings. The van der Waals surface area contributed by atoms with Gasteiger partial charge in [-0.2, -0.15) is 5.10 Å². The number of carbonyl (C=O) groups is 1. The molecule has 1 N–H and O–H groups in total. The summed E-state index contributed by atoms with van der Waals surface area (Å²) in [6, 6.07) is 28.8. The third-order valence-electron chi connectivity index (χ3n) is 5.24. The summed E-state index contributed by atoms with van der Waals surface area (Å²) >= 11 is 0. The zero-order valence-electron chi connectivity index (χ0n) is 17.5. The Bertz CT molecular complexity index is 1370. The maximum atomic E-state index is 12.7. The number of aromatic nitrogens is 2. The number of hydrogen-bond acceptors (Lipinski definition) is 4. The van der Waals surface area contributed by atoms with E-state index in [0.717, 1.165) is 22.2 Å². The number of methoxy groups -OCH3 is 1. The first-order valence-corrected chi connectivity index (χ1v) is 10.3. The molecule has 5 aromatic rings. The highest BCUT2D eigenvalue weighted by molar-refractivity contribution is 6.03. The minimum atomic E-state index is -0.325. The van der Waals surface area contributed by atoms with Gasteiger partial charge < -0.3 is 14.5 Å². The van der Waals surface area contributed by atoms with Crippen molar-refractivity contribution in [2.45, 2.75) is 6.54 Å². The lowest BCUT2D eigenvalue weighted by Crippen LogP contribution is -2.10. The van der Waals surface area contributed by atoms with Gasteiger partial charge in [-0.25, -0.2) is 0 Å². The summed E-state index contributed by atoms with van der Waals surface area (Å²) in [5, 5.41) is 8.62. The molecule has 1 amide bonds. The number of nitrogens with zero attached hydrogens (tertiary/aromatic N) is 2. The second-order valence-corrected chi connectivity index (χ2v) is 7.36. The van der Waals surface area contributed by atoms with Crippen LogP contribution in [0.3, 0.4) is 0 Å². The topological polar surface area (TPSA) is 69.3 Å². The molecule has 0 aliphatic heterocycles. The van der Waals surface area contributed by atoms with Crippen LogP contribution < -0.4 is 10.1 Å². The van der Waals surface area contributed by atoms with Crippen LogP contribution in [0, 0.1) is 0 Å². The number of hydrogen-bond donors (Lipinski definition) is 1. The van der Waals surface area contributed by atoms with E-state index in [9.17, 15) is 4.79 Å². The molecule has 0 aliphatic carbocycles. The van der Waals surface area contributed by atoms with Gasteiger partial charge in [0.25, 0.3) is 5.91 Å². The minimum Gasteiger partial charge on any atom is -0.497 e. The van der Waals surface area contributed by atoms with Gasteiger partial charge in [-0.3, -0.25) is 9.48 Å². The molecule has 158 valence electrons. The highest BCUT2D eigenvalue weighted by Gasteiger charge is 2.18. The van der Waals surface area contributed by atoms with E-state index >= 15 is 0 Å². The molecule has 2 heterocycles. The van der Waals surface area contributed by atoms with Crippen LogP contribution >= 0.6 is 0 Å². The standard InChI is InChI=1S/C26H21N3O3/c1-31-20-13-11-19(12-14-20)27-26(30)24-16-15-23(32-24)25-21-9-5-6-10-22(21)29(28-25)17-18-7-3-2-4-8-18/h2-16H,17H2,1H3,(H,27,30). The van der Waals surface area contributed by atoms with E-state index < -0.39 is 0 Å². The number of anilines is 1. The quantitative estimate of drug-likeness (QED) is 0.386. The van der Waals surface area contributed by atoms with Crippen molar-refractivity contribution in [3.8, 4) is 17.2 Å². The Kier molecular flexibility index (Phi) is 5.17. The number of furan rings is 1.